The molecule has 0 amide bonds. The first kappa shape index (κ1) is 16.8. The molecule has 0 aromatic carbocycles. The van der Waals surface area contributed by atoms with E-state index in [4.69, 9.17) is 0 Å². The highest BCUT2D eigenvalue weighted by atomic mass is 16.3. The lowest BCUT2D eigenvalue weighted by Crippen LogP contribution is -2.51. The molecule has 25 heavy (non-hydrogen) atoms. The molecule has 140 valence electrons. The molecule has 0 aromatic heterocycles. The number of rotatable bonds is 1. The summed E-state index contributed by atoms with van der Waals surface area (Å²) in [5.74, 6) is 6.76. The summed E-state index contributed by atoms with van der Waals surface area (Å²) in [4.78, 5) is 0. The van der Waals surface area contributed by atoms with Crippen LogP contribution >= 0.6 is 0 Å². The molecule has 5 aliphatic carbocycles. The van der Waals surface area contributed by atoms with Crippen molar-refractivity contribution in [3.63, 3.8) is 0 Å². The SMILES string of the molecule is C/C=C1\C[C@@H](C2CC2)[C@H]2[C@@H]3CC[C@@H]4C[C@](C)(O)CC[C@@H]4[C@H]3CC[C@]12C. The van der Waals surface area contributed by atoms with Crippen LogP contribution < -0.4 is 0 Å². The molecule has 5 saturated carbocycles. The molecular formula is C24H38O. The summed E-state index contributed by atoms with van der Waals surface area (Å²) in [7, 11) is 0. The van der Waals surface area contributed by atoms with E-state index in [1.165, 1.54) is 51.4 Å². The van der Waals surface area contributed by atoms with E-state index >= 15 is 0 Å². The zero-order chi connectivity index (χ0) is 17.4. The highest BCUT2D eigenvalue weighted by molar-refractivity contribution is 5.26. The molecule has 5 aliphatic rings. The summed E-state index contributed by atoms with van der Waals surface area (Å²) in [6, 6.07) is 0. The van der Waals surface area contributed by atoms with Gasteiger partial charge in [-0.15, -0.1) is 0 Å². The molecule has 5 fully saturated rings. The summed E-state index contributed by atoms with van der Waals surface area (Å²) in [6.07, 6.45) is 16.2. The van der Waals surface area contributed by atoms with Gasteiger partial charge in [0.25, 0.3) is 0 Å². The summed E-state index contributed by atoms with van der Waals surface area (Å²) < 4.78 is 0. The molecule has 0 aliphatic heterocycles. The lowest BCUT2D eigenvalue weighted by Gasteiger charge is -2.57. The third-order valence-corrected chi connectivity index (χ3v) is 9.71. The molecular weight excluding hydrogens is 304 g/mol. The molecule has 0 spiro atoms. The van der Waals surface area contributed by atoms with Crippen molar-refractivity contribution in [1.82, 2.24) is 0 Å². The van der Waals surface area contributed by atoms with Crippen molar-refractivity contribution in [2.75, 3.05) is 0 Å². The topological polar surface area (TPSA) is 20.2 Å². The van der Waals surface area contributed by atoms with Crippen molar-refractivity contribution in [3.05, 3.63) is 11.6 Å². The Kier molecular flexibility index (Phi) is 3.77. The minimum absolute atomic E-state index is 0.376. The standard InChI is InChI=1S/C24H38O/c1-4-17-13-21(15-5-6-15)22-20-8-7-16-14-23(2,25)11-9-18(16)19(20)10-12-24(17,22)3/h4,15-16,18-22,25H,5-14H2,1-3H3/b17-4+/t16-,18+,19-,20-,21+,22-,23-,24-/m1/s1. The summed E-state index contributed by atoms with van der Waals surface area (Å²) in [5, 5.41) is 10.6. The van der Waals surface area contributed by atoms with Gasteiger partial charge in [-0.25, -0.2) is 0 Å². The normalized spacial score (nSPS) is 57.0. The predicted octanol–water partition coefficient (Wildman–Crippen LogP) is 5.97. The smallest absolute Gasteiger partial charge is 0.0622 e. The first-order valence-corrected chi connectivity index (χ1v) is 11.3. The molecule has 0 aromatic rings. The quantitative estimate of drug-likeness (QED) is 0.582. The monoisotopic (exact) mass is 342 g/mol. The molecule has 1 nitrogen and oxygen atoms in total. The van der Waals surface area contributed by atoms with E-state index in [-0.39, 0.29) is 5.60 Å². The second-order valence-electron chi connectivity index (χ2n) is 11.1. The number of aliphatic hydroxyl groups is 1. The largest absolute Gasteiger partial charge is 0.390 e. The van der Waals surface area contributed by atoms with Crippen LogP contribution in [0.1, 0.15) is 85.0 Å². The Morgan fingerprint density at radius 2 is 1.56 bits per heavy atom. The first-order valence-electron chi connectivity index (χ1n) is 11.3. The molecule has 1 heteroatoms. The van der Waals surface area contributed by atoms with Gasteiger partial charge in [0, 0.05) is 0 Å². The maximum absolute atomic E-state index is 10.6. The predicted molar refractivity (Wildman–Crippen MR) is 103 cm³/mol. The Labute approximate surface area is 154 Å². The van der Waals surface area contributed by atoms with Gasteiger partial charge in [-0.05, 0) is 125 Å². The summed E-state index contributed by atoms with van der Waals surface area (Å²) in [5.41, 5.74) is 1.97. The van der Waals surface area contributed by atoms with Gasteiger partial charge < -0.3 is 5.11 Å². The van der Waals surface area contributed by atoms with Gasteiger partial charge in [-0.3, -0.25) is 0 Å². The number of hydrogen-bond acceptors (Lipinski definition) is 1. The Morgan fingerprint density at radius 3 is 2.28 bits per heavy atom. The maximum Gasteiger partial charge on any atom is 0.0622 e. The molecule has 0 heterocycles. The Hall–Kier alpha value is -0.300. The van der Waals surface area contributed by atoms with Crippen LogP contribution in [0.4, 0.5) is 0 Å². The van der Waals surface area contributed by atoms with Crippen LogP contribution in [0.25, 0.3) is 0 Å². The fraction of sp³-hybridized carbons (Fsp3) is 0.917. The van der Waals surface area contributed by atoms with Gasteiger partial charge in [0.15, 0.2) is 0 Å². The van der Waals surface area contributed by atoms with E-state index in [1.54, 1.807) is 0 Å². The average molecular weight is 343 g/mol. The summed E-state index contributed by atoms with van der Waals surface area (Å²) >= 11 is 0. The molecule has 0 radical (unpaired) electrons. The average Bonchev–Trinajstić information content (AvgIpc) is 3.36. The Bertz CT molecular complexity index is 571. The molecule has 8 atom stereocenters. The van der Waals surface area contributed by atoms with E-state index in [0.717, 1.165) is 54.3 Å². The lowest BCUT2D eigenvalue weighted by atomic mass is 9.48. The van der Waals surface area contributed by atoms with Gasteiger partial charge in [-0.1, -0.05) is 18.6 Å². The Morgan fingerprint density at radius 1 is 0.840 bits per heavy atom. The van der Waals surface area contributed by atoms with Crippen molar-refractivity contribution < 1.29 is 5.11 Å². The van der Waals surface area contributed by atoms with Crippen molar-refractivity contribution >= 4 is 0 Å². The maximum atomic E-state index is 10.6. The third-order valence-electron chi connectivity index (χ3n) is 9.71. The van der Waals surface area contributed by atoms with Crippen molar-refractivity contribution in [1.29, 1.82) is 0 Å². The van der Waals surface area contributed by atoms with Crippen LogP contribution in [0.3, 0.4) is 0 Å². The molecule has 0 bridgehead atoms. The molecule has 1 N–H and O–H groups in total. The second kappa shape index (κ2) is 5.60. The van der Waals surface area contributed by atoms with Crippen molar-refractivity contribution in [2.45, 2.75) is 90.6 Å². The van der Waals surface area contributed by atoms with Gasteiger partial charge in [0.1, 0.15) is 0 Å². The van der Waals surface area contributed by atoms with E-state index < -0.39 is 0 Å². The minimum Gasteiger partial charge on any atom is -0.390 e. The van der Waals surface area contributed by atoms with Crippen molar-refractivity contribution in [2.24, 2.45) is 46.8 Å². The van der Waals surface area contributed by atoms with Crippen molar-refractivity contribution in [3.8, 4) is 0 Å². The van der Waals surface area contributed by atoms with Crippen LogP contribution in [0.5, 0.6) is 0 Å². The van der Waals surface area contributed by atoms with Gasteiger partial charge in [-0.2, -0.15) is 0 Å². The van der Waals surface area contributed by atoms with Crippen LogP contribution in [0, 0.1) is 46.8 Å². The van der Waals surface area contributed by atoms with Gasteiger partial charge in [0.2, 0.25) is 0 Å². The van der Waals surface area contributed by atoms with Crippen LogP contribution in [0.2, 0.25) is 0 Å². The van der Waals surface area contributed by atoms with E-state index in [0.29, 0.717) is 5.41 Å². The van der Waals surface area contributed by atoms with Gasteiger partial charge >= 0.3 is 0 Å². The second-order valence-corrected chi connectivity index (χ2v) is 11.1. The fourth-order valence-corrected chi connectivity index (χ4v) is 8.54. The molecule has 0 saturated heterocycles. The molecule has 5 rings (SSSR count). The molecule has 0 unspecified atom stereocenters. The van der Waals surface area contributed by atoms with E-state index in [2.05, 4.69) is 26.8 Å². The number of hydrogen-bond donors (Lipinski definition) is 1. The van der Waals surface area contributed by atoms with Crippen LogP contribution in [-0.2, 0) is 0 Å². The van der Waals surface area contributed by atoms with E-state index in [1.807, 2.05) is 5.57 Å². The number of fused-ring (bicyclic) bond motifs is 5. The van der Waals surface area contributed by atoms with Gasteiger partial charge in [0.05, 0.1) is 5.60 Å². The lowest BCUT2D eigenvalue weighted by molar-refractivity contribution is -0.0980. The first-order chi connectivity index (χ1) is 11.9. The van der Waals surface area contributed by atoms with Crippen LogP contribution in [0.15, 0.2) is 11.6 Å². The number of allylic oxidation sites excluding steroid dienone is 2. The zero-order valence-electron chi connectivity index (χ0n) is 16.6. The summed E-state index contributed by atoms with van der Waals surface area (Å²) in [6.45, 7) is 7.04. The Balaban J connectivity index is 1.45. The highest BCUT2D eigenvalue weighted by Gasteiger charge is 2.60. The van der Waals surface area contributed by atoms with E-state index in [9.17, 15) is 5.11 Å². The third kappa shape index (κ3) is 2.51. The minimum atomic E-state index is -0.376. The zero-order valence-corrected chi connectivity index (χ0v) is 16.6. The fourth-order valence-electron chi connectivity index (χ4n) is 8.54. The van der Waals surface area contributed by atoms with Crippen LogP contribution in [-0.4, -0.2) is 10.7 Å². The highest BCUT2D eigenvalue weighted by Crippen LogP contribution is 2.68.